The van der Waals surface area contributed by atoms with Gasteiger partial charge in [0.2, 0.25) is 0 Å². The Morgan fingerprint density at radius 3 is 1.60 bits per heavy atom. The maximum atomic E-state index is 2.57. The van der Waals surface area contributed by atoms with Crippen molar-refractivity contribution in [3.05, 3.63) is 234 Å². The van der Waals surface area contributed by atoms with Crippen LogP contribution in [0.15, 0.2) is 200 Å². The van der Waals surface area contributed by atoms with E-state index in [9.17, 15) is 0 Å². The van der Waals surface area contributed by atoms with Crippen LogP contribution in [-0.2, 0) is 10.8 Å². The van der Waals surface area contributed by atoms with Crippen LogP contribution in [0.5, 0.6) is 0 Å². The van der Waals surface area contributed by atoms with Crippen LogP contribution in [0, 0.1) is 0 Å². The molecular formula is C58H39NS. The lowest BCUT2D eigenvalue weighted by molar-refractivity contribution is 0.660. The van der Waals surface area contributed by atoms with E-state index in [-0.39, 0.29) is 5.41 Å². The zero-order valence-corrected chi connectivity index (χ0v) is 34.2. The van der Waals surface area contributed by atoms with E-state index in [1.54, 1.807) is 0 Å². The fourth-order valence-corrected chi connectivity index (χ4v) is 12.5. The Labute approximate surface area is 354 Å². The third-order valence-corrected chi connectivity index (χ3v) is 15.0. The number of hydrogen-bond acceptors (Lipinski definition) is 2. The van der Waals surface area contributed by atoms with Gasteiger partial charge in [-0.25, -0.2) is 0 Å². The van der Waals surface area contributed by atoms with Gasteiger partial charge in [0, 0.05) is 42.6 Å². The van der Waals surface area contributed by atoms with Gasteiger partial charge in [0.1, 0.15) is 0 Å². The smallest absolute Gasteiger partial charge is 0.0727 e. The van der Waals surface area contributed by atoms with Crippen LogP contribution in [0.3, 0.4) is 0 Å². The lowest BCUT2D eigenvalue weighted by atomic mass is 9.70. The maximum absolute atomic E-state index is 2.57. The molecule has 0 saturated carbocycles. The van der Waals surface area contributed by atoms with Gasteiger partial charge in [-0.1, -0.05) is 166 Å². The molecule has 9 aromatic carbocycles. The van der Waals surface area contributed by atoms with E-state index in [0.717, 1.165) is 17.1 Å². The zero-order chi connectivity index (χ0) is 39.7. The molecular weight excluding hydrogens is 743 g/mol. The van der Waals surface area contributed by atoms with Crippen molar-refractivity contribution in [1.82, 2.24) is 0 Å². The SMILES string of the molecule is CC1(C)c2ccccc2-c2ccc(N(c3ccccc3)c3ccc4c(c3)C3(c5ccccc5-c5ccccc53)c3cc5sc6ccccc6c5c(-c5ccccc5)c3-4)cc21. The fraction of sp³-hybridized carbons (Fsp3) is 0.0690. The number of anilines is 3. The average Bonchev–Trinajstić information content (AvgIpc) is 3.98. The molecule has 10 aromatic rings. The molecule has 0 unspecified atom stereocenters. The number of nitrogens with zero attached hydrogens (tertiary/aromatic N) is 1. The molecule has 3 aliphatic carbocycles. The molecule has 0 atom stereocenters. The van der Waals surface area contributed by atoms with Crippen molar-refractivity contribution < 1.29 is 0 Å². The topological polar surface area (TPSA) is 3.24 Å². The molecule has 0 N–H and O–H groups in total. The number of para-hydroxylation sites is 1. The fourth-order valence-electron chi connectivity index (χ4n) is 11.4. The minimum absolute atomic E-state index is 0.115. The Morgan fingerprint density at radius 2 is 0.900 bits per heavy atom. The zero-order valence-electron chi connectivity index (χ0n) is 33.4. The number of thiophene rings is 1. The Balaban J connectivity index is 1.14. The highest BCUT2D eigenvalue weighted by molar-refractivity contribution is 7.26. The van der Waals surface area contributed by atoms with Gasteiger partial charge in [0.15, 0.2) is 0 Å². The summed E-state index contributed by atoms with van der Waals surface area (Å²) in [6, 6.07) is 75.4. The molecule has 0 radical (unpaired) electrons. The molecule has 0 bridgehead atoms. The highest BCUT2D eigenvalue weighted by Crippen LogP contribution is 2.66. The first-order valence-corrected chi connectivity index (χ1v) is 21.8. The van der Waals surface area contributed by atoms with Crippen molar-refractivity contribution in [2.45, 2.75) is 24.7 Å². The van der Waals surface area contributed by atoms with Crippen molar-refractivity contribution in [3.8, 4) is 44.5 Å². The van der Waals surface area contributed by atoms with Gasteiger partial charge in [0.05, 0.1) is 5.41 Å². The number of fused-ring (bicyclic) bond motifs is 16. The van der Waals surface area contributed by atoms with Crippen molar-refractivity contribution in [3.63, 3.8) is 0 Å². The van der Waals surface area contributed by atoms with Crippen molar-refractivity contribution in [2.24, 2.45) is 0 Å². The highest BCUT2D eigenvalue weighted by atomic mass is 32.1. The Kier molecular flexibility index (Phi) is 6.94. The second kappa shape index (κ2) is 12.3. The minimum Gasteiger partial charge on any atom is -0.310 e. The molecule has 282 valence electrons. The van der Waals surface area contributed by atoms with Crippen LogP contribution in [0.1, 0.15) is 47.2 Å². The second-order valence-corrected chi connectivity index (χ2v) is 18.2. The summed E-state index contributed by atoms with van der Waals surface area (Å²) >= 11 is 1.92. The van der Waals surface area contributed by atoms with Crippen LogP contribution in [0.25, 0.3) is 64.7 Å². The van der Waals surface area contributed by atoms with Gasteiger partial charge in [-0.2, -0.15) is 0 Å². The molecule has 60 heavy (non-hydrogen) atoms. The van der Waals surface area contributed by atoms with E-state index in [0.29, 0.717) is 0 Å². The van der Waals surface area contributed by atoms with Crippen LogP contribution in [0.4, 0.5) is 17.1 Å². The first-order valence-electron chi connectivity index (χ1n) is 21.0. The molecule has 3 aliphatic rings. The third kappa shape index (κ3) is 4.36. The third-order valence-electron chi connectivity index (χ3n) is 13.9. The summed E-state index contributed by atoms with van der Waals surface area (Å²) in [7, 11) is 0. The van der Waals surface area contributed by atoms with Crippen LogP contribution < -0.4 is 4.90 Å². The van der Waals surface area contributed by atoms with Gasteiger partial charge in [-0.15, -0.1) is 11.3 Å². The Bertz CT molecular complexity index is 3360. The molecule has 1 spiro atoms. The minimum atomic E-state index is -0.522. The molecule has 13 rings (SSSR count). The summed E-state index contributed by atoms with van der Waals surface area (Å²) in [5.41, 5.74) is 21.5. The lowest BCUT2D eigenvalue weighted by Crippen LogP contribution is -2.26. The number of hydrogen-bond donors (Lipinski definition) is 0. The standard InChI is InChI=1S/C58H39NS/c1-57(2)46-25-13-9-21-40(46)43-31-29-38(33-49(43)57)59(37-19-7-4-8-20-37)39-30-32-44-50(34-39)58(47-26-14-10-22-41(47)42-23-11-15-27-48(42)58)51-35-53-56(45-24-12-16-28-52(45)60-53)54(55(44)51)36-17-5-3-6-18-36/h3-35H,1-2H3. The van der Waals surface area contributed by atoms with Gasteiger partial charge in [-0.3, -0.25) is 0 Å². The predicted molar refractivity (Wildman–Crippen MR) is 253 cm³/mol. The summed E-state index contributed by atoms with van der Waals surface area (Å²) in [5, 5.41) is 2.67. The van der Waals surface area contributed by atoms with E-state index in [2.05, 4.69) is 219 Å². The predicted octanol–water partition coefficient (Wildman–Crippen LogP) is 15.8. The lowest BCUT2D eigenvalue weighted by Gasteiger charge is -2.32. The first kappa shape index (κ1) is 33.9. The molecule has 0 fully saturated rings. The summed E-state index contributed by atoms with van der Waals surface area (Å²) < 4.78 is 2.65. The summed E-state index contributed by atoms with van der Waals surface area (Å²) in [5.74, 6) is 0. The molecule has 1 heterocycles. The second-order valence-electron chi connectivity index (χ2n) is 17.2. The van der Waals surface area contributed by atoms with E-state index >= 15 is 0 Å². The Hall–Kier alpha value is -7.00. The van der Waals surface area contributed by atoms with Crippen molar-refractivity contribution >= 4 is 48.6 Å². The van der Waals surface area contributed by atoms with Crippen molar-refractivity contribution in [1.29, 1.82) is 0 Å². The number of benzene rings is 9. The number of rotatable bonds is 4. The average molecular weight is 782 g/mol. The monoisotopic (exact) mass is 781 g/mol. The van der Waals surface area contributed by atoms with E-state index in [1.165, 1.54) is 98.1 Å². The highest BCUT2D eigenvalue weighted by Gasteiger charge is 2.53. The molecule has 0 saturated heterocycles. The summed E-state index contributed by atoms with van der Waals surface area (Å²) in [6.07, 6.45) is 0. The first-order chi connectivity index (χ1) is 29.5. The van der Waals surface area contributed by atoms with Gasteiger partial charge in [0.25, 0.3) is 0 Å². The van der Waals surface area contributed by atoms with Gasteiger partial charge < -0.3 is 4.90 Å². The largest absolute Gasteiger partial charge is 0.310 e. The maximum Gasteiger partial charge on any atom is 0.0727 e. The van der Waals surface area contributed by atoms with E-state index in [4.69, 9.17) is 0 Å². The molecule has 2 heteroatoms. The molecule has 0 aliphatic heterocycles. The molecule has 1 nitrogen and oxygen atoms in total. The van der Waals surface area contributed by atoms with Crippen LogP contribution in [0.2, 0.25) is 0 Å². The summed E-state index contributed by atoms with van der Waals surface area (Å²) in [6.45, 7) is 4.75. The van der Waals surface area contributed by atoms with E-state index < -0.39 is 5.41 Å². The van der Waals surface area contributed by atoms with Crippen LogP contribution in [-0.4, -0.2) is 0 Å². The van der Waals surface area contributed by atoms with Crippen LogP contribution >= 0.6 is 11.3 Å². The normalized spacial score (nSPS) is 14.4. The quantitative estimate of drug-likeness (QED) is 0.172. The Morgan fingerprint density at radius 1 is 0.367 bits per heavy atom. The van der Waals surface area contributed by atoms with Crippen molar-refractivity contribution in [2.75, 3.05) is 4.90 Å². The molecule has 1 aromatic heterocycles. The van der Waals surface area contributed by atoms with Gasteiger partial charge >= 0.3 is 0 Å². The van der Waals surface area contributed by atoms with E-state index in [1.807, 2.05) is 11.3 Å². The summed E-state index contributed by atoms with van der Waals surface area (Å²) in [4.78, 5) is 2.48. The van der Waals surface area contributed by atoms with Gasteiger partial charge in [-0.05, 0) is 126 Å². The molecule has 0 amide bonds.